The number of aliphatic hydroxyl groups excluding tert-OH is 1. The lowest BCUT2D eigenvalue weighted by Crippen LogP contribution is -2.32. The summed E-state index contributed by atoms with van der Waals surface area (Å²) in [4.78, 5) is 29.4. The van der Waals surface area contributed by atoms with Gasteiger partial charge in [0, 0.05) is 17.7 Å². The number of rotatable bonds is 9. The minimum absolute atomic E-state index is 0.0970. The number of carbonyl (C=O) groups excluding carboxylic acids is 2. The van der Waals surface area contributed by atoms with Gasteiger partial charge in [0.25, 0.3) is 11.7 Å². The van der Waals surface area contributed by atoms with Gasteiger partial charge in [-0.25, -0.2) is 4.39 Å². The van der Waals surface area contributed by atoms with Gasteiger partial charge >= 0.3 is 0 Å². The Bertz CT molecular complexity index is 1060. The predicted molar refractivity (Wildman–Crippen MR) is 126 cm³/mol. The second-order valence-corrected chi connectivity index (χ2v) is 8.50. The number of aryl methyl sites for hydroxylation is 1. The average Bonchev–Trinajstić information content (AvgIpc) is 3.02. The maximum atomic E-state index is 14.8. The normalized spacial score (nSPS) is 17.8. The van der Waals surface area contributed by atoms with E-state index in [0.29, 0.717) is 36.4 Å². The number of carbonyl (C=O) groups is 2. The molecule has 1 aliphatic heterocycles. The molecule has 1 atom stereocenters. The monoisotopic (exact) mass is 454 g/mol. The zero-order chi connectivity index (χ0) is 24.1. The number of ether oxygens (including phenoxy) is 1. The number of aliphatic hydroxyl groups is 1. The lowest BCUT2D eigenvalue weighted by molar-refractivity contribution is -0.140. The van der Waals surface area contributed by atoms with E-state index in [-0.39, 0.29) is 23.4 Å². The van der Waals surface area contributed by atoms with Crippen LogP contribution in [0, 0.1) is 12.7 Å². The first-order valence-electron chi connectivity index (χ1n) is 11.2. The molecule has 176 valence electrons. The van der Waals surface area contributed by atoms with Crippen LogP contribution in [0.15, 0.2) is 48.0 Å². The molecule has 7 heteroatoms. The number of ketones is 1. The number of hydrogen-bond donors (Lipinski definition) is 1. The summed E-state index contributed by atoms with van der Waals surface area (Å²) < 4.78 is 20.5. The Morgan fingerprint density at radius 3 is 2.55 bits per heavy atom. The van der Waals surface area contributed by atoms with Crippen LogP contribution in [0.5, 0.6) is 5.75 Å². The van der Waals surface area contributed by atoms with Crippen molar-refractivity contribution in [3.05, 3.63) is 70.5 Å². The molecule has 6 nitrogen and oxygen atoms in total. The Kier molecular flexibility index (Phi) is 7.87. The molecule has 1 fully saturated rings. The molecule has 1 N–H and O–H groups in total. The van der Waals surface area contributed by atoms with Crippen LogP contribution < -0.4 is 4.74 Å². The quantitative estimate of drug-likeness (QED) is 0.348. The number of hydrogen-bond acceptors (Lipinski definition) is 5. The molecule has 0 aliphatic carbocycles. The highest BCUT2D eigenvalue weighted by Crippen LogP contribution is 2.41. The van der Waals surface area contributed by atoms with E-state index in [2.05, 4.69) is 0 Å². The van der Waals surface area contributed by atoms with Gasteiger partial charge in [-0.2, -0.15) is 0 Å². The lowest BCUT2D eigenvalue weighted by Gasteiger charge is -2.26. The third-order valence-corrected chi connectivity index (χ3v) is 5.67. The summed E-state index contributed by atoms with van der Waals surface area (Å²) in [5.41, 5.74) is 1.18. The largest absolute Gasteiger partial charge is 0.507 e. The molecule has 1 aliphatic rings. The third kappa shape index (κ3) is 5.25. The van der Waals surface area contributed by atoms with E-state index in [4.69, 9.17) is 4.74 Å². The standard InChI is InChI=1S/C26H31FN2O4/c1-5-15-33-18-11-12-19(17(2)16-18)24(30)22-23(20-9-6-7-10-21(20)27)29(26(32)25(22)31)14-8-13-28(3)4/h6-7,9-12,16,23,30H,5,8,13-15H2,1-4H3/t23-/m1/s1. The Morgan fingerprint density at radius 2 is 1.91 bits per heavy atom. The maximum Gasteiger partial charge on any atom is 0.295 e. The van der Waals surface area contributed by atoms with Crippen LogP contribution in [0.1, 0.15) is 42.5 Å². The van der Waals surface area contributed by atoms with Crippen LogP contribution in [-0.2, 0) is 9.59 Å². The van der Waals surface area contributed by atoms with Gasteiger partial charge < -0.3 is 19.6 Å². The van der Waals surface area contributed by atoms with Crippen molar-refractivity contribution in [2.24, 2.45) is 0 Å². The molecule has 3 rings (SSSR count). The first-order valence-corrected chi connectivity index (χ1v) is 11.2. The second-order valence-electron chi connectivity index (χ2n) is 8.50. The molecular formula is C26H31FN2O4. The lowest BCUT2D eigenvalue weighted by atomic mass is 9.93. The predicted octanol–water partition coefficient (Wildman–Crippen LogP) is 4.30. The summed E-state index contributed by atoms with van der Waals surface area (Å²) in [7, 11) is 3.83. The number of benzene rings is 2. The Balaban J connectivity index is 2.09. The molecule has 33 heavy (non-hydrogen) atoms. The first kappa shape index (κ1) is 24.5. The molecule has 0 aromatic heterocycles. The molecule has 1 heterocycles. The van der Waals surface area contributed by atoms with Crippen molar-refractivity contribution < 1.29 is 23.8 Å². The van der Waals surface area contributed by atoms with Gasteiger partial charge in [0.05, 0.1) is 18.2 Å². The fraction of sp³-hybridized carbons (Fsp3) is 0.385. The zero-order valence-electron chi connectivity index (χ0n) is 19.6. The highest BCUT2D eigenvalue weighted by Gasteiger charge is 2.46. The third-order valence-electron chi connectivity index (χ3n) is 5.67. The Morgan fingerprint density at radius 1 is 1.18 bits per heavy atom. The van der Waals surface area contributed by atoms with E-state index in [0.717, 1.165) is 6.42 Å². The van der Waals surface area contributed by atoms with Crippen LogP contribution in [-0.4, -0.2) is 60.4 Å². The van der Waals surface area contributed by atoms with E-state index in [1.165, 1.54) is 11.0 Å². The van der Waals surface area contributed by atoms with Crippen LogP contribution in [0.25, 0.3) is 5.76 Å². The summed E-state index contributed by atoms with van der Waals surface area (Å²) in [6.45, 7) is 5.33. The fourth-order valence-corrected chi connectivity index (χ4v) is 4.04. The van der Waals surface area contributed by atoms with Gasteiger partial charge in [0.1, 0.15) is 17.3 Å². The van der Waals surface area contributed by atoms with E-state index in [1.807, 2.05) is 25.9 Å². The summed E-state index contributed by atoms with van der Waals surface area (Å²) in [6, 6.07) is 10.2. The molecule has 0 radical (unpaired) electrons. The summed E-state index contributed by atoms with van der Waals surface area (Å²) in [5.74, 6) is -1.73. The van der Waals surface area contributed by atoms with Crippen molar-refractivity contribution in [1.29, 1.82) is 0 Å². The SMILES string of the molecule is CCCOc1ccc(C(O)=C2C(=O)C(=O)N(CCCN(C)C)[C@@H]2c2ccccc2F)c(C)c1. The van der Waals surface area contributed by atoms with Crippen LogP contribution >= 0.6 is 0 Å². The number of amides is 1. The molecule has 0 saturated carbocycles. The van der Waals surface area contributed by atoms with Crippen LogP contribution in [0.3, 0.4) is 0 Å². The van der Waals surface area contributed by atoms with Crippen LogP contribution in [0.4, 0.5) is 4.39 Å². The topological polar surface area (TPSA) is 70.1 Å². The summed E-state index contributed by atoms with van der Waals surface area (Å²) in [5, 5.41) is 11.2. The highest BCUT2D eigenvalue weighted by atomic mass is 19.1. The molecule has 1 saturated heterocycles. The van der Waals surface area contributed by atoms with Crippen molar-refractivity contribution in [3.8, 4) is 5.75 Å². The number of nitrogens with zero attached hydrogens (tertiary/aromatic N) is 2. The molecule has 0 bridgehead atoms. The summed E-state index contributed by atoms with van der Waals surface area (Å²) >= 11 is 0. The maximum absolute atomic E-state index is 14.8. The van der Waals surface area contributed by atoms with E-state index in [9.17, 15) is 19.1 Å². The van der Waals surface area contributed by atoms with Crippen LogP contribution in [0.2, 0.25) is 0 Å². The second kappa shape index (κ2) is 10.6. The van der Waals surface area contributed by atoms with Gasteiger partial charge in [0.15, 0.2) is 0 Å². The Hall–Kier alpha value is -3.19. The smallest absolute Gasteiger partial charge is 0.295 e. The molecule has 1 amide bonds. The Labute approximate surface area is 194 Å². The fourth-order valence-electron chi connectivity index (χ4n) is 4.04. The van der Waals surface area contributed by atoms with Crippen molar-refractivity contribution in [2.45, 2.75) is 32.7 Å². The van der Waals surface area contributed by atoms with Gasteiger partial charge in [-0.15, -0.1) is 0 Å². The van der Waals surface area contributed by atoms with Crippen molar-refractivity contribution in [3.63, 3.8) is 0 Å². The van der Waals surface area contributed by atoms with E-state index in [1.54, 1.807) is 43.3 Å². The van der Waals surface area contributed by atoms with Crippen molar-refractivity contribution in [2.75, 3.05) is 33.8 Å². The van der Waals surface area contributed by atoms with E-state index < -0.39 is 23.5 Å². The highest BCUT2D eigenvalue weighted by molar-refractivity contribution is 6.46. The summed E-state index contributed by atoms with van der Waals surface area (Å²) in [6.07, 6.45) is 1.47. The minimum atomic E-state index is -0.996. The number of likely N-dealkylation sites (tertiary alicyclic amines) is 1. The first-order chi connectivity index (χ1) is 15.8. The molecule has 2 aromatic carbocycles. The number of halogens is 1. The van der Waals surface area contributed by atoms with Gasteiger partial charge in [-0.05, 0) is 70.2 Å². The molecule has 0 spiro atoms. The van der Waals surface area contributed by atoms with Gasteiger partial charge in [0.2, 0.25) is 0 Å². The van der Waals surface area contributed by atoms with Gasteiger partial charge in [-0.1, -0.05) is 25.1 Å². The van der Waals surface area contributed by atoms with E-state index >= 15 is 0 Å². The van der Waals surface area contributed by atoms with Crippen molar-refractivity contribution >= 4 is 17.4 Å². The molecular weight excluding hydrogens is 423 g/mol. The molecule has 0 unspecified atom stereocenters. The van der Waals surface area contributed by atoms with Crippen molar-refractivity contribution in [1.82, 2.24) is 9.80 Å². The van der Waals surface area contributed by atoms with Gasteiger partial charge in [-0.3, -0.25) is 9.59 Å². The minimum Gasteiger partial charge on any atom is -0.507 e. The molecule has 2 aromatic rings. The number of Topliss-reactive ketones (excluding diaryl/α,β-unsaturated/α-hetero) is 1. The zero-order valence-corrected chi connectivity index (χ0v) is 19.6. The average molecular weight is 455 g/mol.